The zero-order chi connectivity index (χ0) is 14.7. The van der Waals surface area contributed by atoms with Crippen LogP contribution >= 0.6 is 0 Å². The van der Waals surface area contributed by atoms with Gasteiger partial charge in [-0.3, -0.25) is 9.78 Å². The van der Waals surface area contributed by atoms with Crippen LogP contribution in [0.4, 0.5) is 0 Å². The Labute approximate surface area is 118 Å². The van der Waals surface area contributed by atoms with Gasteiger partial charge in [-0.15, -0.1) is 0 Å². The van der Waals surface area contributed by atoms with Crippen LogP contribution in [-0.4, -0.2) is 28.0 Å². The molecule has 0 spiro atoms. The molecule has 1 aliphatic rings. The summed E-state index contributed by atoms with van der Waals surface area (Å²) in [4.78, 5) is 27.0. The van der Waals surface area contributed by atoms with Gasteiger partial charge in [0.05, 0.1) is 5.56 Å². The summed E-state index contributed by atoms with van der Waals surface area (Å²) in [5.74, 6) is -0.331. The van der Waals surface area contributed by atoms with E-state index < -0.39 is 5.97 Å². The Kier molecular flexibility index (Phi) is 4.37. The fourth-order valence-electron chi connectivity index (χ4n) is 2.72. The third-order valence-electron chi connectivity index (χ3n) is 4.26. The molecule has 1 aromatic rings. The molecule has 2 rings (SSSR count). The van der Waals surface area contributed by atoms with Crippen LogP contribution in [0.15, 0.2) is 18.3 Å². The first-order valence-electron chi connectivity index (χ1n) is 6.99. The van der Waals surface area contributed by atoms with E-state index >= 15 is 0 Å². The number of carboxylic acids is 1. The van der Waals surface area contributed by atoms with Crippen molar-refractivity contribution in [3.63, 3.8) is 0 Å². The van der Waals surface area contributed by atoms with Crippen molar-refractivity contribution in [3.8, 4) is 0 Å². The van der Waals surface area contributed by atoms with Crippen molar-refractivity contribution in [3.05, 3.63) is 29.6 Å². The number of hydrogen-bond donors (Lipinski definition) is 2. The number of carboxylic acid groups (broad SMARTS) is 1. The Morgan fingerprint density at radius 3 is 2.80 bits per heavy atom. The minimum Gasteiger partial charge on any atom is -0.478 e. The number of amides is 1. The highest BCUT2D eigenvalue weighted by Crippen LogP contribution is 2.29. The maximum Gasteiger partial charge on any atom is 0.335 e. The zero-order valence-electron chi connectivity index (χ0n) is 11.8. The second-order valence-electron chi connectivity index (χ2n) is 5.58. The molecule has 20 heavy (non-hydrogen) atoms. The highest BCUT2D eigenvalue weighted by molar-refractivity contribution is 5.95. The average molecular weight is 276 g/mol. The molecule has 0 aliphatic heterocycles. The molecule has 1 fully saturated rings. The van der Waals surface area contributed by atoms with E-state index in [9.17, 15) is 9.59 Å². The maximum atomic E-state index is 12.2. The molecule has 1 aromatic heterocycles. The summed E-state index contributed by atoms with van der Waals surface area (Å²) in [6, 6.07) is 2.83. The molecule has 1 saturated carbocycles. The van der Waals surface area contributed by atoms with Gasteiger partial charge < -0.3 is 10.4 Å². The van der Waals surface area contributed by atoms with Crippen molar-refractivity contribution < 1.29 is 14.7 Å². The van der Waals surface area contributed by atoms with Gasteiger partial charge in [0.15, 0.2) is 0 Å². The molecule has 5 heteroatoms. The molecule has 0 aromatic carbocycles. The summed E-state index contributed by atoms with van der Waals surface area (Å²) >= 11 is 0. The van der Waals surface area contributed by atoms with Crippen molar-refractivity contribution in [2.24, 2.45) is 11.8 Å². The van der Waals surface area contributed by atoms with Crippen LogP contribution in [0.5, 0.6) is 0 Å². The molecule has 2 N–H and O–H groups in total. The molecular formula is C15H20N2O3. The lowest BCUT2D eigenvalue weighted by Gasteiger charge is -2.34. The minimum atomic E-state index is -1.05. The molecular weight excluding hydrogens is 256 g/mol. The molecule has 0 radical (unpaired) electrons. The van der Waals surface area contributed by atoms with Crippen molar-refractivity contribution in [1.29, 1.82) is 0 Å². The summed E-state index contributed by atoms with van der Waals surface area (Å²) in [6.45, 7) is 4.35. The van der Waals surface area contributed by atoms with E-state index in [1.165, 1.54) is 24.8 Å². The summed E-state index contributed by atoms with van der Waals surface area (Å²) in [6.07, 6.45) is 4.63. The molecule has 5 nitrogen and oxygen atoms in total. The number of carbonyl (C=O) groups excluding carboxylic acids is 1. The van der Waals surface area contributed by atoms with Crippen LogP contribution in [-0.2, 0) is 0 Å². The predicted molar refractivity (Wildman–Crippen MR) is 74.6 cm³/mol. The quantitative estimate of drug-likeness (QED) is 0.888. The minimum absolute atomic E-state index is 0.0789. The molecule has 0 saturated heterocycles. The van der Waals surface area contributed by atoms with Gasteiger partial charge in [0.25, 0.3) is 5.91 Å². The Morgan fingerprint density at radius 2 is 2.10 bits per heavy atom. The van der Waals surface area contributed by atoms with Gasteiger partial charge >= 0.3 is 5.97 Å². The molecule has 108 valence electrons. The van der Waals surface area contributed by atoms with E-state index in [1.807, 2.05) is 0 Å². The fourth-order valence-corrected chi connectivity index (χ4v) is 2.72. The average Bonchev–Trinajstić information content (AvgIpc) is 2.44. The van der Waals surface area contributed by atoms with Crippen LogP contribution in [0.2, 0.25) is 0 Å². The molecule has 1 aliphatic carbocycles. The Bertz CT molecular complexity index is 516. The van der Waals surface area contributed by atoms with Gasteiger partial charge in [-0.1, -0.05) is 26.7 Å². The Balaban J connectivity index is 2.08. The molecule has 1 amide bonds. The summed E-state index contributed by atoms with van der Waals surface area (Å²) in [7, 11) is 0. The van der Waals surface area contributed by atoms with Gasteiger partial charge in [0, 0.05) is 12.2 Å². The van der Waals surface area contributed by atoms with Gasteiger partial charge in [-0.2, -0.15) is 0 Å². The first-order chi connectivity index (χ1) is 9.49. The van der Waals surface area contributed by atoms with Gasteiger partial charge in [0.1, 0.15) is 5.69 Å². The topological polar surface area (TPSA) is 79.3 Å². The normalized spacial score (nSPS) is 26.0. The number of aromatic carboxylic acids is 1. The van der Waals surface area contributed by atoms with Crippen molar-refractivity contribution in [2.45, 2.75) is 39.2 Å². The fraction of sp³-hybridized carbons (Fsp3) is 0.533. The zero-order valence-corrected chi connectivity index (χ0v) is 11.8. The van der Waals surface area contributed by atoms with Crippen molar-refractivity contribution in [2.75, 3.05) is 0 Å². The van der Waals surface area contributed by atoms with Crippen LogP contribution in [0.3, 0.4) is 0 Å². The first kappa shape index (κ1) is 14.5. The van der Waals surface area contributed by atoms with E-state index in [4.69, 9.17) is 5.11 Å². The van der Waals surface area contributed by atoms with E-state index in [0.29, 0.717) is 11.8 Å². The summed E-state index contributed by atoms with van der Waals surface area (Å²) in [5, 5.41) is 11.9. The summed E-state index contributed by atoms with van der Waals surface area (Å²) in [5.41, 5.74) is 0.241. The summed E-state index contributed by atoms with van der Waals surface area (Å²) < 4.78 is 0. The highest BCUT2D eigenvalue weighted by Gasteiger charge is 2.28. The van der Waals surface area contributed by atoms with E-state index in [1.54, 1.807) is 0 Å². The number of nitrogens with zero attached hydrogens (tertiary/aromatic N) is 1. The lowest BCUT2D eigenvalue weighted by Crippen LogP contribution is -2.43. The van der Waals surface area contributed by atoms with Crippen LogP contribution in [0, 0.1) is 11.8 Å². The lowest BCUT2D eigenvalue weighted by molar-refractivity contribution is 0.0696. The highest BCUT2D eigenvalue weighted by atomic mass is 16.4. The molecule has 3 unspecified atom stereocenters. The molecule has 3 atom stereocenters. The Hall–Kier alpha value is -1.91. The monoisotopic (exact) mass is 276 g/mol. The third-order valence-corrected chi connectivity index (χ3v) is 4.26. The van der Waals surface area contributed by atoms with Gasteiger partial charge in [-0.25, -0.2) is 4.79 Å². The number of hydrogen-bond acceptors (Lipinski definition) is 3. The van der Waals surface area contributed by atoms with E-state index in [-0.39, 0.29) is 23.2 Å². The lowest BCUT2D eigenvalue weighted by atomic mass is 9.78. The molecule has 0 bridgehead atoms. The number of rotatable bonds is 3. The van der Waals surface area contributed by atoms with Crippen LogP contribution < -0.4 is 5.32 Å². The van der Waals surface area contributed by atoms with Gasteiger partial charge in [0.2, 0.25) is 0 Å². The maximum absolute atomic E-state index is 12.2. The Morgan fingerprint density at radius 1 is 1.35 bits per heavy atom. The van der Waals surface area contributed by atoms with Gasteiger partial charge in [-0.05, 0) is 30.4 Å². The second kappa shape index (κ2) is 6.03. The SMILES string of the molecule is CC1CCCC(NC(=O)c2cc(C(=O)O)ccn2)C1C. The third kappa shape index (κ3) is 3.15. The number of carbonyl (C=O) groups is 2. The first-order valence-corrected chi connectivity index (χ1v) is 6.99. The predicted octanol–water partition coefficient (Wildman–Crippen LogP) is 2.33. The smallest absolute Gasteiger partial charge is 0.335 e. The largest absolute Gasteiger partial charge is 0.478 e. The van der Waals surface area contributed by atoms with E-state index in [2.05, 4.69) is 24.1 Å². The number of pyridine rings is 1. The van der Waals surface area contributed by atoms with Crippen LogP contribution in [0.1, 0.15) is 54.0 Å². The van der Waals surface area contributed by atoms with Crippen molar-refractivity contribution >= 4 is 11.9 Å². The standard InChI is InChI=1S/C15H20N2O3/c1-9-4-3-5-12(10(9)2)17-14(18)13-8-11(15(19)20)6-7-16-13/h6-10,12H,3-5H2,1-2H3,(H,17,18)(H,19,20). The second-order valence-corrected chi connectivity index (χ2v) is 5.58. The van der Waals surface area contributed by atoms with Crippen molar-refractivity contribution in [1.82, 2.24) is 10.3 Å². The number of nitrogens with one attached hydrogen (secondary N) is 1. The molecule has 1 heterocycles. The van der Waals surface area contributed by atoms with E-state index in [0.717, 1.165) is 12.8 Å². The van der Waals surface area contributed by atoms with Crippen LogP contribution in [0.25, 0.3) is 0 Å². The number of aromatic nitrogens is 1.